The Balaban J connectivity index is 0.00000128. The molecule has 2 N–H and O–H groups in total. The van der Waals surface area contributed by atoms with Crippen LogP contribution in [0.2, 0.25) is 0 Å². The lowest BCUT2D eigenvalue weighted by Crippen LogP contribution is -2.32. The van der Waals surface area contributed by atoms with Crippen LogP contribution in [0.5, 0.6) is 0 Å². The first-order valence-corrected chi connectivity index (χ1v) is 5.38. The molecule has 0 spiro atoms. The van der Waals surface area contributed by atoms with Crippen molar-refractivity contribution >= 4 is 12.4 Å². The van der Waals surface area contributed by atoms with Crippen LogP contribution in [0.25, 0.3) is 0 Å². The second-order valence-corrected chi connectivity index (χ2v) is 4.46. The fourth-order valence-corrected chi connectivity index (χ4v) is 1.96. The molecule has 0 unspecified atom stereocenters. The Morgan fingerprint density at radius 1 is 1.50 bits per heavy atom. The van der Waals surface area contributed by atoms with Gasteiger partial charge in [0.2, 0.25) is 0 Å². The average molecular weight is 247 g/mol. The van der Waals surface area contributed by atoms with Crippen molar-refractivity contribution in [2.45, 2.75) is 32.9 Å². The van der Waals surface area contributed by atoms with Crippen molar-refractivity contribution in [2.24, 2.45) is 11.1 Å². The summed E-state index contributed by atoms with van der Waals surface area (Å²) in [6.45, 7) is 5.32. The maximum atomic E-state index is 5.60. The Morgan fingerprint density at radius 3 is 2.81 bits per heavy atom. The molecule has 5 nitrogen and oxygen atoms in total. The molecule has 0 aliphatic carbocycles. The highest BCUT2D eigenvalue weighted by Gasteiger charge is 2.28. The minimum atomic E-state index is 0. The zero-order valence-electron chi connectivity index (χ0n) is 9.56. The highest BCUT2D eigenvalue weighted by atomic mass is 35.5. The number of halogens is 1. The van der Waals surface area contributed by atoms with Gasteiger partial charge in [0.1, 0.15) is 12.2 Å². The highest BCUT2D eigenvalue weighted by molar-refractivity contribution is 5.85. The van der Waals surface area contributed by atoms with Crippen LogP contribution in [0.4, 0.5) is 0 Å². The van der Waals surface area contributed by atoms with Crippen LogP contribution in [-0.2, 0) is 17.8 Å². The molecule has 1 aromatic rings. The molecule has 2 rings (SSSR count). The number of hydrogen-bond acceptors (Lipinski definition) is 4. The number of rotatable bonds is 3. The molecule has 92 valence electrons. The van der Waals surface area contributed by atoms with E-state index in [9.17, 15) is 0 Å². The van der Waals surface area contributed by atoms with Crippen molar-refractivity contribution in [3.8, 4) is 0 Å². The van der Waals surface area contributed by atoms with E-state index in [2.05, 4.69) is 17.0 Å². The predicted molar refractivity (Wildman–Crippen MR) is 63.3 cm³/mol. The van der Waals surface area contributed by atoms with Crippen LogP contribution in [0.15, 0.2) is 6.33 Å². The van der Waals surface area contributed by atoms with E-state index in [-0.39, 0.29) is 17.8 Å². The van der Waals surface area contributed by atoms with Gasteiger partial charge in [-0.15, -0.1) is 12.4 Å². The van der Waals surface area contributed by atoms with E-state index >= 15 is 0 Å². The van der Waals surface area contributed by atoms with E-state index in [4.69, 9.17) is 10.5 Å². The Bertz CT molecular complexity index is 322. The van der Waals surface area contributed by atoms with Crippen molar-refractivity contribution in [3.63, 3.8) is 0 Å². The van der Waals surface area contributed by atoms with Crippen LogP contribution in [0.3, 0.4) is 0 Å². The van der Waals surface area contributed by atoms with E-state index < -0.39 is 0 Å². The summed E-state index contributed by atoms with van der Waals surface area (Å²) in [7, 11) is 0. The summed E-state index contributed by atoms with van der Waals surface area (Å²) in [5.74, 6) is 0.864. The lowest BCUT2D eigenvalue weighted by Gasteiger charge is -2.33. The summed E-state index contributed by atoms with van der Waals surface area (Å²) in [6.07, 6.45) is 3.73. The summed E-state index contributed by atoms with van der Waals surface area (Å²) in [5.41, 5.74) is 5.87. The number of ether oxygens (including phenoxy) is 1. The molecule has 0 aromatic carbocycles. The maximum Gasteiger partial charge on any atom is 0.140 e. The number of aromatic nitrogens is 3. The van der Waals surface area contributed by atoms with Gasteiger partial charge in [-0.25, -0.2) is 9.67 Å². The molecule has 1 aromatic heterocycles. The van der Waals surface area contributed by atoms with E-state index in [0.717, 1.165) is 38.4 Å². The molecule has 6 heteroatoms. The highest BCUT2D eigenvalue weighted by Crippen LogP contribution is 2.31. The van der Waals surface area contributed by atoms with Gasteiger partial charge in [0.25, 0.3) is 0 Å². The van der Waals surface area contributed by atoms with Crippen molar-refractivity contribution in [1.29, 1.82) is 0 Å². The quantitative estimate of drug-likeness (QED) is 0.863. The summed E-state index contributed by atoms with van der Waals surface area (Å²) in [4.78, 5) is 4.13. The standard InChI is InChI=1S/C10H18N4O.ClH/c1-10(2-4-15-5-3-10)7-14-9(6-11)12-8-13-14;/h8H,2-7,11H2,1H3;1H. The fourth-order valence-electron chi connectivity index (χ4n) is 1.96. The van der Waals surface area contributed by atoms with Gasteiger partial charge in [0.05, 0.1) is 6.54 Å². The molecule has 0 radical (unpaired) electrons. The molecule has 1 aliphatic heterocycles. The van der Waals surface area contributed by atoms with Crippen LogP contribution in [0, 0.1) is 5.41 Å². The van der Waals surface area contributed by atoms with Gasteiger partial charge in [0, 0.05) is 19.8 Å². The Hall–Kier alpha value is -0.650. The lowest BCUT2D eigenvalue weighted by atomic mass is 9.82. The van der Waals surface area contributed by atoms with E-state index in [0.29, 0.717) is 6.54 Å². The van der Waals surface area contributed by atoms with Gasteiger partial charge in [-0.3, -0.25) is 0 Å². The number of hydrogen-bond donors (Lipinski definition) is 1. The monoisotopic (exact) mass is 246 g/mol. The predicted octanol–water partition coefficient (Wildman–Crippen LogP) is 0.975. The molecule has 0 atom stereocenters. The molecule has 16 heavy (non-hydrogen) atoms. The third kappa shape index (κ3) is 2.93. The maximum absolute atomic E-state index is 5.60. The Labute approximate surface area is 102 Å². The van der Waals surface area contributed by atoms with Crippen LogP contribution < -0.4 is 5.73 Å². The van der Waals surface area contributed by atoms with E-state index in [1.807, 2.05) is 4.68 Å². The van der Waals surface area contributed by atoms with Gasteiger partial charge in [-0.05, 0) is 18.3 Å². The topological polar surface area (TPSA) is 66.0 Å². The normalized spacial score (nSPS) is 19.1. The van der Waals surface area contributed by atoms with Crippen molar-refractivity contribution in [3.05, 3.63) is 12.2 Å². The smallest absolute Gasteiger partial charge is 0.140 e. The van der Waals surface area contributed by atoms with Gasteiger partial charge in [0.15, 0.2) is 0 Å². The van der Waals surface area contributed by atoms with Crippen LogP contribution >= 0.6 is 12.4 Å². The summed E-state index contributed by atoms with van der Waals surface area (Å²) >= 11 is 0. The molecule has 1 saturated heterocycles. The average Bonchev–Trinajstić information content (AvgIpc) is 2.65. The fraction of sp³-hybridized carbons (Fsp3) is 0.800. The zero-order valence-corrected chi connectivity index (χ0v) is 10.4. The lowest BCUT2D eigenvalue weighted by molar-refractivity contribution is 0.0134. The first-order valence-electron chi connectivity index (χ1n) is 5.38. The first kappa shape index (κ1) is 13.4. The molecular weight excluding hydrogens is 228 g/mol. The van der Waals surface area contributed by atoms with Crippen molar-refractivity contribution < 1.29 is 4.74 Å². The van der Waals surface area contributed by atoms with Gasteiger partial charge in [-0.1, -0.05) is 6.92 Å². The molecule has 0 saturated carbocycles. The molecule has 1 aliphatic rings. The van der Waals surface area contributed by atoms with Gasteiger partial charge >= 0.3 is 0 Å². The molecule has 0 amide bonds. The Kier molecular flexibility index (Phi) is 4.70. The summed E-state index contributed by atoms with van der Waals surface area (Å²) < 4.78 is 7.29. The molecule has 2 heterocycles. The number of nitrogens with zero attached hydrogens (tertiary/aromatic N) is 3. The minimum Gasteiger partial charge on any atom is -0.381 e. The molecule has 0 bridgehead atoms. The molecule has 1 fully saturated rings. The largest absolute Gasteiger partial charge is 0.381 e. The van der Waals surface area contributed by atoms with Crippen molar-refractivity contribution in [2.75, 3.05) is 13.2 Å². The molecular formula is C10H19ClN4O. The summed E-state index contributed by atoms with van der Waals surface area (Å²) in [5, 5.41) is 4.21. The van der Waals surface area contributed by atoms with Crippen LogP contribution in [-0.4, -0.2) is 28.0 Å². The zero-order chi connectivity index (χ0) is 10.7. The second-order valence-electron chi connectivity index (χ2n) is 4.46. The van der Waals surface area contributed by atoms with Gasteiger partial charge < -0.3 is 10.5 Å². The van der Waals surface area contributed by atoms with Gasteiger partial charge in [-0.2, -0.15) is 5.10 Å². The SMILES string of the molecule is CC1(Cn2ncnc2CN)CCOCC1.Cl. The van der Waals surface area contributed by atoms with E-state index in [1.165, 1.54) is 0 Å². The minimum absolute atomic E-state index is 0. The third-order valence-corrected chi connectivity index (χ3v) is 3.11. The van der Waals surface area contributed by atoms with Crippen molar-refractivity contribution in [1.82, 2.24) is 14.8 Å². The third-order valence-electron chi connectivity index (χ3n) is 3.11. The Morgan fingerprint density at radius 2 is 2.19 bits per heavy atom. The first-order chi connectivity index (χ1) is 7.23. The number of nitrogens with two attached hydrogens (primary N) is 1. The van der Waals surface area contributed by atoms with E-state index in [1.54, 1.807) is 6.33 Å². The van der Waals surface area contributed by atoms with Crippen LogP contribution in [0.1, 0.15) is 25.6 Å². The second kappa shape index (κ2) is 5.61. The summed E-state index contributed by atoms with van der Waals surface area (Å²) in [6, 6.07) is 0.